The Morgan fingerprint density at radius 2 is 0.871 bits per heavy atom. The first-order chi connectivity index (χ1) is 13.2. The van der Waals surface area contributed by atoms with E-state index in [1.807, 2.05) is 5.16 Å². The molecule has 184 valence electrons. The second-order valence-corrected chi connectivity index (χ2v) is 5.26. The van der Waals surface area contributed by atoms with Gasteiger partial charge in [0.05, 0.1) is 0 Å². The Kier molecular flexibility index (Phi) is 7.02. The van der Waals surface area contributed by atoms with E-state index >= 15 is 0 Å². The summed E-state index contributed by atoms with van der Waals surface area (Å²) in [6.45, 7) is 0.704. The van der Waals surface area contributed by atoms with Crippen molar-refractivity contribution in [2.45, 2.75) is 54.6 Å². The lowest BCUT2D eigenvalue weighted by Gasteiger charge is -2.42. The Balaban J connectivity index is 6.73. The Labute approximate surface area is 157 Å². The Morgan fingerprint density at radius 1 is 0.581 bits per heavy atom. The van der Waals surface area contributed by atoms with Crippen LogP contribution in [0.2, 0.25) is 0 Å². The van der Waals surface area contributed by atoms with Crippen LogP contribution in [-0.4, -0.2) is 59.8 Å². The number of alkyl halides is 17. The van der Waals surface area contributed by atoms with Gasteiger partial charge in [-0.1, -0.05) is 5.16 Å². The van der Waals surface area contributed by atoms with Crippen molar-refractivity contribution in [2.24, 2.45) is 5.16 Å². The van der Waals surface area contributed by atoms with Crippen LogP contribution >= 0.6 is 0 Å². The molecule has 0 bridgehead atoms. The van der Waals surface area contributed by atoms with Gasteiger partial charge in [0.1, 0.15) is 0 Å². The van der Waals surface area contributed by atoms with Crippen LogP contribution in [0.4, 0.5) is 74.6 Å². The van der Waals surface area contributed by atoms with Gasteiger partial charge in [-0.05, 0) is 6.92 Å². The highest BCUT2D eigenvalue weighted by Crippen LogP contribution is 2.63. The SMILES string of the molecule is CC=NOC(=O)C(F)(F)C(F)(F)C(F)(F)C(F)(F)C(F)(F)C(F)(F)C(F)(F)C(F)(F)F. The lowest BCUT2D eigenvalue weighted by atomic mass is 9.89. The summed E-state index contributed by atoms with van der Waals surface area (Å²) in [5.74, 6) is -62.3. The number of oxime groups is 1. The number of rotatable bonds is 8. The molecule has 0 aliphatic rings. The van der Waals surface area contributed by atoms with Crippen molar-refractivity contribution in [2.75, 3.05) is 0 Å². The van der Waals surface area contributed by atoms with Gasteiger partial charge in [0.15, 0.2) is 0 Å². The molecular weight excluding hydrogens is 501 g/mol. The third-order valence-corrected chi connectivity index (χ3v) is 3.22. The molecule has 0 spiro atoms. The first kappa shape index (κ1) is 28.9. The Morgan fingerprint density at radius 3 is 1.16 bits per heavy atom. The summed E-state index contributed by atoms with van der Waals surface area (Å²) in [5.41, 5.74) is 0. The van der Waals surface area contributed by atoms with E-state index in [0.717, 1.165) is 0 Å². The quantitative estimate of drug-likeness (QED) is 0.188. The zero-order valence-corrected chi connectivity index (χ0v) is 13.8. The van der Waals surface area contributed by atoms with E-state index in [9.17, 15) is 79.4 Å². The maximum Gasteiger partial charge on any atom is 0.460 e. The fourth-order valence-corrected chi connectivity index (χ4v) is 1.45. The van der Waals surface area contributed by atoms with Gasteiger partial charge in [-0.2, -0.15) is 74.6 Å². The molecule has 3 nitrogen and oxygen atoms in total. The summed E-state index contributed by atoms with van der Waals surface area (Å²) >= 11 is 0. The van der Waals surface area contributed by atoms with E-state index in [1.165, 1.54) is 0 Å². The molecule has 0 aliphatic carbocycles. The highest BCUT2D eigenvalue weighted by atomic mass is 19.4. The Bertz CT molecular complexity index is 707. The first-order valence-corrected chi connectivity index (χ1v) is 6.64. The molecule has 20 heteroatoms. The van der Waals surface area contributed by atoms with Crippen LogP contribution in [0.1, 0.15) is 6.92 Å². The van der Waals surface area contributed by atoms with E-state index in [1.54, 1.807) is 0 Å². The molecule has 31 heavy (non-hydrogen) atoms. The lowest BCUT2D eigenvalue weighted by Crippen LogP contribution is -2.75. The highest BCUT2D eigenvalue weighted by molar-refractivity contribution is 5.79. The fraction of sp³-hybridized carbons (Fsp3) is 0.818. The minimum atomic E-state index is -8.76. The molecule has 0 unspecified atom stereocenters. The number of carbonyl (C=O) groups excluding carboxylic acids is 1. The molecular formula is C11H4F17NO2. The van der Waals surface area contributed by atoms with Crippen molar-refractivity contribution in [3.8, 4) is 0 Å². The van der Waals surface area contributed by atoms with Crippen LogP contribution in [0.3, 0.4) is 0 Å². The molecule has 0 radical (unpaired) electrons. The van der Waals surface area contributed by atoms with Crippen LogP contribution in [-0.2, 0) is 9.63 Å². The largest absolute Gasteiger partial charge is 0.460 e. The van der Waals surface area contributed by atoms with Gasteiger partial charge in [-0.3, -0.25) is 0 Å². The van der Waals surface area contributed by atoms with Gasteiger partial charge >= 0.3 is 53.6 Å². The van der Waals surface area contributed by atoms with Crippen LogP contribution < -0.4 is 0 Å². The van der Waals surface area contributed by atoms with E-state index in [-0.39, 0.29) is 6.21 Å². The minimum absolute atomic E-state index is 0.187. The smallest absolute Gasteiger partial charge is 0.311 e. The van der Waals surface area contributed by atoms with Crippen LogP contribution in [0.15, 0.2) is 5.16 Å². The van der Waals surface area contributed by atoms with E-state index in [2.05, 4.69) is 4.84 Å². The maximum atomic E-state index is 13.3. The van der Waals surface area contributed by atoms with Gasteiger partial charge in [0.25, 0.3) is 0 Å². The predicted molar refractivity (Wildman–Crippen MR) is 60.9 cm³/mol. The molecule has 0 aromatic rings. The number of halogens is 17. The topological polar surface area (TPSA) is 38.7 Å². The van der Waals surface area contributed by atoms with E-state index in [0.29, 0.717) is 6.92 Å². The van der Waals surface area contributed by atoms with Gasteiger partial charge in [0, 0.05) is 6.21 Å². The molecule has 0 rings (SSSR count). The molecule has 0 N–H and O–H groups in total. The second-order valence-electron chi connectivity index (χ2n) is 5.26. The van der Waals surface area contributed by atoms with Crippen molar-refractivity contribution >= 4 is 12.2 Å². The number of carbonyl (C=O) groups is 1. The average Bonchev–Trinajstić information content (AvgIpc) is 2.57. The third-order valence-electron chi connectivity index (χ3n) is 3.22. The molecule has 0 heterocycles. The van der Waals surface area contributed by atoms with Crippen molar-refractivity contribution in [3.63, 3.8) is 0 Å². The minimum Gasteiger partial charge on any atom is -0.311 e. The van der Waals surface area contributed by atoms with Crippen molar-refractivity contribution in [3.05, 3.63) is 0 Å². The molecule has 0 aliphatic heterocycles. The molecule has 0 atom stereocenters. The molecule has 0 saturated heterocycles. The predicted octanol–water partition coefficient (Wildman–Crippen LogP) is 5.54. The van der Waals surface area contributed by atoms with Gasteiger partial charge < -0.3 is 4.84 Å². The molecule has 0 aromatic heterocycles. The van der Waals surface area contributed by atoms with E-state index < -0.39 is 53.6 Å². The molecule has 0 saturated carbocycles. The molecule has 0 aromatic carbocycles. The van der Waals surface area contributed by atoms with Crippen molar-refractivity contribution in [1.82, 2.24) is 0 Å². The highest BCUT2D eigenvalue weighted by Gasteiger charge is 2.96. The standard InChI is InChI=1S/C11H4F17NO2/c1-2-29-31-3(30)4(12,13)5(14,15)6(16,17)7(18,19)8(20,21)9(22,23)10(24,25)11(26,27)28/h2H,1H3. The second kappa shape index (κ2) is 7.52. The van der Waals surface area contributed by atoms with Crippen LogP contribution in [0, 0.1) is 0 Å². The summed E-state index contributed by atoms with van der Waals surface area (Å²) in [6, 6.07) is 0. The van der Waals surface area contributed by atoms with E-state index in [4.69, 9.17) is 0 Å². The average molecular weight is 505 g/mol. The zero-order chi connectivity index (χ0) is 25.7. The number of hydrogen-bond acceptors (Lipinski definition) is 3. The van der Waals surface area contributed by atoms with Gasteiger partial charge in [-0.25, -0.2) is 4.79 Å². The zero-order valence-electron chi connectivity index (χ0n) is 13.8. The van der Waals surface area contributed by atoms with Crippen LogP contribution in [0.5, 0.6) is 0 Å². The summed E-state index contributed by atoms with van der Waals surface area (Å²) < 4.78 is 219. The van der Waals surface area contributed by atoms with Gasteiger partial charge in [0.2, 0.25) is 0 Å². The molecule has 0 amide bonds. The van der Waals surface area contributed by atoms with Crippen LogP contribution in [0.25, 0.3) is 0 Å². The maximum absolute atomic E-state index is 13.3. The summed E-state index contributed by atoms with van der Waals surface area (Å²) in [5, 5.41) is 2.03. The third kappa shape index (κ3) is 3.74. The monoisotopic (exact) mass is 505 g/mol. The summed E-state index contributed by atoms with van der Waals surface area (Å²) in [7, 11) is 0. The summed E-state index contributed by atoms with van der Waals surface area (Å²) in [4.78, 5) is 13.5. The van der Waals surface area contributed by atoms with Gasteiger partial charge in [-0.15, -0.1) is 0 Å². The number of hydrogen-bond donors (Lipinski definition) is 0. The Hall–Kier alpha value is -2.05. The lowest BCUT2D eigenvalue weighted by molar-refractivity contribution is -0.460. The van der Waals surface area contributed by atoms with Crippen molar-refractivity contribution in [1.29, 1.82) is 0 Å². The number of nitrogens with zero attached hydrogens (tertiary/aromatic N) is 1. The first-order valence-electron chi connectivity index (χ1n) is 6.64. The fourth-order valence-electron chi connectivity index (χ4n) is 1.45. The molecule has 0 fully saturated rings. The van der Waals surface area contributed by atoms with Crippen molar-refractivity contribution < 1.29 is 84.3 Å². The summed E-state index contributed by atoms with van der Waals surface area (Å²) in [6.07, 6.45) is -7.65. The normalized spacial score (nSPS) is 16.1.